The number of hydrogen-bond donors (Lipinski definition) is 0. The summed E-state index contributed by atoms with van der Waals surface area (Å²) in [7, 11) is 0. The quantitative estimate of drug-likeness (QED) is 0.212. The Morgan fingerprint density at radius 1 is 0.477 bits per heavy atom. The number of benzene rings is 6. The highest BCUT2D eigenvalue weighted by atomic mass is 15.0. The molecule has 0 unspecified atom stereocenters. The summed E-state index contributed by atoms with van der Waals surface area (Å²) in [5, 5.41) is 4.58. The molecule has 7 aromatic rings. The Kier molecular flexibility index (Phi) is 5.99. The lowest BCUT2D eigenvalue weighted by Gasteiger charge is -2.23. The van der Waals surface area contributed by atoms with Crippen molar-refractivity contribution in [3.8, 4) is 45.3 Å². The van der Waals surface area contributed by atoms with Crippen LogP contribution in [-0.4, -0.2) is 15.0 Å². The highest BCUT2D eigenvalue weighted by Gasteiger charge is 2.36. The molecule has 0 saturated heterocycles. The lowest BCUT2D eigenvalue weighted by molar-refractivity contribution is 0.658. The van der Waals surface area contributed by atoms with E-state index in [4.69, 9.17) is 15.0 Å². The van der Waals surface area contributed by atoms with Crippen molar-refractivity contribution in [1.29, 1.82) is 0 Å². The van der Waals surface area contributed by atoms with Gasteiger partial charge in [-0.3, -0.25) is 0 Å². The molecule has 8 rings (SSSR count). The maximum Gasteiger partial charge on any atom is 0.164 e. The van der Waals surface area contributed by atoms with Crippen LogP contribution in [-0.2, 0) is 5.41 Å². The second-order valence-electron chi connectivity index (χ2n) is 12.7. The first-order valence-electron chi connectivity index (χ1n) is 15.4. The Morgan fingerprint density at radius 3 is 1.57 bits per heavy atom. The third-order valence-corrected chi connectivity index (χ3v) is 9.32. The molecule has 0 saturated carbocycles. The van der Waals surface area contributed by atoms with Gasteiger partial charge in [0.2, 0.25) is 0 Å². The van der Waals surface area contributed by atoms with Crippen LogP contribution in [0.4, 0.5) is 0 Å². The first kappa shape index (κ1) is 26.5. The van der Waals surface area contributed by atoms with Crippen LogP contribution in [0.5, 0.6) is 0 Å². The zero-order valence-corrected chi connectivity index (χ0v) is 25.5. The topological polar surface area (TPSA) is 38.7 Å². The zero-order chi connectivity index (χ0) is 30.0. The van der Waals surface area contributed by atoms with Crippen molar-refractivity contribution >= 4 is 21.5 Å². The van der Waals surface area contributed by atoms with E-state index in [1.807, 2.05) is 0 Å². The molecule has 0 amide bonds. The molecule has 0 bridgehead atoms. The summed E-state index contributed by atoms with van der Waals surface area (Å²) in [4.78, 5) is 15.5. The minimum Gasteiger partial charge on any atom is -0.208 e. The molecule has 1 aliphatic rings. The number of aromatic nitrogens is 3. The molecule has 0 aliphatic heterocycles. The Balaban J connectivity index is 1.35. The standard InChI is InChI=1S/C41H33N3/c1-25(2)28-19-21-32-33-22-20-29(24-37(33)41(3,4)36(32)23-28)38-42-39(34-17-9-13-26-11-5-7-15-30(26)34)44-40(43-38)35-18-10-14-27-12-6-8-16-31(27)35/h5-25H,1-4H3. The third-order valence-electron chi connectivity index (χ3n) is 9.32. The van der Waals surface area contributed by atoms with E-state index in [0.29, 0.717) is 23.4 Å². The van der Waals surface area contributed by atoms with Gasteiger partial charge in [0.25, 0.3) is 0 Å². The summed E-state index contributed by atoms with van der Waals surface area (Å²) in [5.41, 5.74) is 9.57. The summed E-state index contributed by atoms with van der Waals surface area (Å²) in [5.74, 6) is 2.53. The van der Waals surface area contributed by atoms with E-state index >= 15 is 0 Å². The molecule has 212 valence electrons. The fraction of sp³-hybridized carbons (Fsp3) is 0.146. The largest absolute Gasteiger partial charge is 0.208 e. The fourth-order valence-electron chi connectivity index (χ4n) is 6.84. The molecule has 1 aliphatic carbocycles. The van der Waals surface area contributed by atoms with E-state index in [2.05, 4.69) is 149 Å². The van der Waals surface area contributed by atoms with Gasteiger partial charge in [-0.2, -0.15) is 0 Å². The highest BCUT2D eigenvalue weighted by molar-refractivity contribution is 5.97. The second-order valence-corrected chi connectivity index (χ2v) is 12.7. The number of fused-ring (bicyclic) bond motifs is 5. The predicted molar refractivity (Wildman–Crippen MR) is 183 cm³/mol. The van der Waals surface area contributed by atoms with Crippen molar-refractivity contribution in [1.82, 2.24) is 15.0 Å². The smallest absolute Gasteiger partial charge is 0.164 e. The normalized spacial score (nSPS) is 13.4. The molecule has 6 aromatic carbocycles. The predicted octanol–water partition coefficient (Wildman–Crippen LogP) is 10.6. The molecule has 1 heterocycles. The van der Waals surface area contributed by atoms with Crippen molar-refractivity contribution in [2.75, 3.05) is 0 Å². The molecule has 3 nitrogen and oxygen atoms in total. The molecular weight excluding hydrogens is 534 g/mol. The van der Waals surface area contributed by atoms with Gasteiger partial charge in [-0.05, 0) is 61.3 Å². The molecule has 0 radical (unpaired) electrons. The second kappa shape index (κ2) is 9.96. The van der Waals surface area contributed by atoms with Crippen molar-refractivity contribution < 1.29 is 0 Å². The Hall–Kier alpha value is -5.15. The molecular formula is C41H33N3. The van der Waals surface area contributed by atoms with Crippen molar-refractivity contribution in [2.24, 2.45) is 0 Å². The van der Waals surface area contributed by atoms with Gasteiger partial charge in [-0.25, -0.2) is 15.0 Å². The average molecular weight is 568 g/mol. The van der Waals surface area contributed by atoms with Crippen LogP contribution in [0, 0.1) is 0 Å². The molecule has 0 spiro atoms. The van der Waals surface area contributed by atoms with Crippen LogP contribution >= 0.6 is 0 Å². The summed E-state index contributed by atoms with van der Waals surface area (Å²) < 4.78 is 0. The molecule has 0 fully saturated rings. The van der Waals surface area contributed by atoms with Crippen molar-refractivity contribution in [3.63, 3.8) is 0 Å². The van der Waals surface area contributed by atoms with E-state index in [1.165, 1.54) is 27.8 Å². The minimum absolute atomic E-state index is 0.129. The van der Waals surface area contributed by atoms with Gasteiger partial charge < -0.3 is 0 Å². The Labute approximate surface area is 258 Å². The van der Waals surface area contributed by atoms with Gasteiger partial charge in [-0.15, -0.1) is 0 Å². The van der Waals surface area contributed by atoms with Gasteiger partial charge in [0.1, 0.15) is 0 Å². The molecule has 1 aromatic heterocycles. The van der Waals surface area contributed by atoms with Crippen LogP contribution in [0.1, 0.15) is 50.3 Å². The van der Waals surface area contributed by atoms with Gasteiger partial charge >= 0.3 is 0 Å². The number of nitrogens with zero attached hydrogens (tertiary/aromatic N) is 3. The number of rotatable bonds is 4. The maximum absolute atomic E-state index is 5.17. The molecule has 0 atom stereocenters. The summed E-state index contributed by atoms with van der Waals surface area (Å²) in [6.45, 7) is 9.19. The summed E-state index contributed by atoms with van der Waals surface area (Å²) >= 11 is 0. The Morgan fingerprint density at radius 2 is 0.977 bits per heavy atom. The molecule has 44 heavy (non-hydrogen) atoms. The fourth-order valence-corrected chi connectivity index (χ4v) is 6.84. The van der Waals surface area contributed by atoms with Crippen LogP contribution in [0.25, 0.3) is 66.8 Å². The van der Waals surface area contributed by atoms with Crippen molar-refractivity contribution in [2.45, 2.75) is 39.0 Å². The van der Waals surface area contributed by atoms with Crippen molar-refractivity contribution in [3.05, 3.63) is 138 Å². The highest BCUT2D eigenvalue weighted by Crippen LogP contribution is 2.50. The molecule has 0 N–H and O–H groups in total. The van der Waals surface area contributed by atoms with E-state index in [0.717, 1.165) is 38.2 Å². The van der Waals surface area contributed by atoms with Gasteiger partial charge in [0, 0.05) is 22.1 Å². The van der Waals surface area contributed by atoms with E-state index in [-0.39, 0.29) is 5.41 Å². The van der Waals surface area contributed by atoms with Gasteiger partial charge in [0.05, 0.1) is 0 Å². The van der Waals surface area contributed by atoms with Gasteiger partial charge in [0.15, 0.2) is 17.5 Å². The third kappa shape index (κ3) is 4.15. The Bertz CT molecular complexity index is 2130. The van der Waals surface area contributed by atoms with Crippen LogP contribution in [0.15, 0.2) is 121 Å². The summed E-state index contributed by atoms with van der Waals surface area (Å²) in [6.07, 6.45) is 0. The van der Waals surface area contributed by atoms with Crippen LogP contribution < -0.4 is 0 Å². The zero-order valence-electron chi connectivity index (χ0n) is 25.5. The molecule has 3 heteroatoms. The lowest BCUT2D eigenvalue weighted by atomic mass is 9.81. The number of hydrogen-bond acceptors (Lipinski definition) is 3. The lowest BCUT2D eigenvalue weighted by Crippen LogP contribution is -2.15. The maximum atomic E-state index is 5.17. The van der Waals surface area contributed by atoms with E-state index in [1.54, 1.807) is 0 Å². The first-order chi connectivity index (χ1) is 21.4. The minimum atomic E-state index is -0.129. The van der Waals surface area contributed by atoms with Crippen LogP contribution in [0.2, 0.25) is 0 Å². The van der Waals surface area contributed by atoms with E-state index in [9.17, 15) is 0 Å². The SMILES string of the molecule is CC(C)c1ccc2c(c1)C(C)(C)c1cc(-c3nc(-c4cccc5ccccc45)nc(-c4cccc5ccccc45)n3)ccc1-2. The average Bonchev–Trinajstić information content (AvgIpc) is 3.29. The first-order valence-corrected chi connectivity index (χ1v) is 15.4. The van der Waals surface area contributed by atoms with Crippen LogP contribution in [0.3, 0.4) is 0 Å². The summed E-state index contributed by atoms with van der Waals surface area (Å²) in [6, 6.07) is 43.2. The van der Waals surface area contributed by atoms with E-state index < -0.39 is 0 Å². The van der Waals surface area contributed by atoms with Gasteiger partial charge in [-0.1, -0.05) is 143 Å². The monoisotopic (exact) mass is 567 g/mol.